The predicted molar refractivity (Wildman–Crippen MR) is 126 cm³/mol. The van der Waals surface area contributed by atoms with Gasteiger partial charge in [0, 0.05) is 34.2 Å². The summed E-state index contributed by atoms with van der Waals surface area (Å²) >= 11 is 12.1. The summed E-state index contributed by atoms with van der Waals surface area (Å²) in [5.74, 6) is -0.801. The van der Waals surface area contributed by atoms with Gasteiger partial charge in [0.15, 0.2) is 0 Å². The molecule has 1 amide bonds. The quantitative estimate of drug-likeness (QED) is 0.541. The number of carbonyl (C=O) groups is 1. The lowest BCUT2D eigenvalue weighted by Gasteiger charge is -2.31. The van der Waals surface area contributed by atoms with Crippen LogP contribution in [-0.4, -0.2) is 31.7 Å². The van der Waals surface area contributed by atoms with E-state index in [-0.39, 0.29) is 18.2 Å². The number of hydrogen-bond donors (Lipinski definition) is 1. The van der Waals surface area contributed by atoms with Crippen LogP contribution >= 0.6 is 23.2 Å². The molecular weight excluding hydrogens is 455 g/mol. The maximum atomic E-state index is 13.0. The minimum atomic E-state index is -3.62. The summed E-state index contributed by atoms with van der Waals surface area (Å²) in [5.41, 5.74) is 1.23. The summed E-state index contributed by atoms with van der Waals surface area (Å²) in [6.45, 7) is 0.551. The lowest BCUT2D eigenvalue weighted by molar-refractivity contribution is -0.120. The van der Waals surface area contributed by atoms with Crippen LogP contribution in [0.15, 0.2) is 60.7 Å². The van der Waals surface area contributed by atoms with Crippen molar-refractivity contribution in [1.29, 1.82) is 0 Å². The van der Waals surface area contributed by atoms with Gasteiger partial charge in [-0.1, -0.05) is 65.7 Å². The van der Waals surface area contributed by atoms with Crippen LogP contribution in [0.2, 0.25) is 10.0 Å². The van der Waals surface area contributed by atoms with Gasteiger partial charge in [0.05, 0.1) is 11.7 Å². The summed E-state index contributed by atoms with van der Waals surface area (Å²) < 4.78 is 27.4. The number of halogens is 2. The fourth-order valence-electron chi connectivity index (χ4n) is 3.90. The van der Waals surface area contributed by atoms with Crippen LogP contribution in [0.4, 0.5) is 5.69 Å². The Bertz CT molecular complexity index is 1230. The Labute approximate surface area is 192 Å². The number of fused-ring (bicyclic) bond motifs is 1. The Kier molecular flexibility index (Phi) is 6.53. The second kappa shape index (κ2) is 9.17. The zero-order chi connectivity index (χ0) is 22.0. The van der Waals surface area contributed by atoms with Crippen molar-refractivity contribution in [3.05, 3.63) is 76.3 Å². The summed E-state index contributed by atoms with van der Waals surface area (Å²) in [6.07, 6.45) is 1.27. The Morgan fingerprint density at radius 2 is 1.84 bits per heavy atom. The van der Waals surface area contributed by atoms with Crippen molar-refractivity contribution in [2.75, 3.05) is 18.4 Å². The highest BCUT2D eigenvalue weighted by atomic mass is 35.5. The number of amides is 1. The molecule has 162 valence electrons. The average molecular weight is 477 g/mol. The number of nitrogens with zero attached hydrogens (tertiary/aromatic N) is 1. The Hall–Kier alpha value is -2.12. The van der Waals surface area contributed by atoms with Crippen molar-refractivity contribution in [3.63, 3.8) is 0 Å². The van der Waals surface area contributed by atoms with Crippen LogP contribution in [0, 0.1) is 5.92 Å². The normalized spacial score (nSPS) is 17.5. The highest BCUT2D eigenvalue weighted by Gasteiger charge is 2.33. The van der Waals surface area contributed by atoms with Gasteiger partial charge in [0.25, 0.3) is 0 Å². The molecule has 5 nitrogen and oxygen atoms in total. The standard InChI is InChI=1S/C23H22Cl2N2O3S/c24-19-11-10-18(21(25)13-19)15-31(29,30)27-12-4-7-17(14-27)23(28)26-22-9-3-6-16-5-1-2-8-20(16)22/h1-3,5-6,8-11,13,17H,4,7,12,14-15H2,(H,26,28). The predicted octanol–water partition coefficient (Wildman–Crippen LogP) is 5.33. The monoisotopic (exact) mass is 476 g/mol. The summed E-state index contributed by atoms with van der Waals surface area (Å²) in [4.78, 5) is 13.0. The molecule has 3 aromatic carbocycles. The van der Waals surface area contributed by atoms with Crippen LogP contribution in [0.25, 0.3) is 10.8 Å². The molecule has 0 aliphatic carbocycles. The molecule has 0 spiro atoms. The van der Waals surface area contributed by atoms with Gasteiger partial charge in [-0.15, -0.1) is 0 Å². The van der Waals surface area contributed by atoms with Gasteiger partial charge in [-0.3, -0.25) is 4.79 Å². The van der Waals surface area contributed by atoms with E-state index >= 15 is 0 Å². The van der Waals surface area contributed by atoms with E-state index in [0.29, 0.717) is 35.0 Å². The summed E-state index contributed by atoms with van der Waals surface area (Å²) in [6, 6.07) is 18.3. The van der Waals surface area contributed by atoms with Crippen molar-refractivity contribution < 1.29 is 13.2 Å². The third-order valence-corrected chi connectivity index (χ3v) is 7.93. The molecule has 1 saturated heterocycles. The van der Waals surface area contributed by atoms with E-state index in [2.05, 4.69) is 5.32 Å². The Balaban J connectivity index is 1.48. The number of hydrogen-bond acceptors (Lipinski definition) is 3. The fourth-order valence-corrected chi connectivity index (χ4v) is 6.10. The molecular formula is C23H22Cl2N2O3S. The van der Waals surface area contributed by atoms with Crippen molar-refractivity contribution in [1.82, 2.24) is 4.31 Å². The first-order chi connectivity index (χ1) is 14.8. The minimum absolute atomic E-state index is 0.157. The van der Waals surface area contributed by atoms with Gasteiger partial charge in [-0.25, -0.2) is 12.7 Å². The van der Waals surface area contributed by atoms with Gasteiger partial charge < -0.3 is 5.32 Å². The Morgan fingerprint density at radius 3 is 2.65 bits per heavy atom. The third kappa shape index (κ3) is 5.04. The molecule has 4 rings (SSSR count). The summed E-state index contributed by atoms with van der Waals surface area (Å²) in [5, 5.41) is 5.76. The van der Waals surface area contributed by atoms with Crippen molar-refractivity contribution in [2.45, 2.75) is 18.6 Å². The molecule has 8 heteroatoms. The molecule has 1 fully saturated rings. The van der Waals surface area contributed by atoms with E-state index < -0.39 is 15.9 Å². The van der Waals surface area contributed by atoms with Gasteiger partial charge in [0.1, 0.15) is 0 Å². The van der Waals surface area contributed by atoms with Gasteiger partial charge in [-0.05, 0) is 42.0 Å². The van der Waals surface area contributed by atoms with Crippen molar-refractivity contribution in [3.8, 4) is 0 Å². The molecule has 31 heavy (non-hydrogen) atoms. The highest BCUT2D eigenvalue weighted by molar-refractivity contribution is 7.88. The smallest absolute Gasteiger partial charge is 0.228 e. The first-order valence-electron chi connectivity index (χ1n) is 10.0. The van der Waals surface area contributed by atoms with Crippen LogP contribution in [0.5, 0.6) is 0 Å². The molecule has 1 unspecified atom stereocenters. The van der Waals surface area contributed by atoms with Crippen LogP contribution < -0.4 is 5.32 Å². The Morgan fingerprint density at radius 1 is 1.06 bits per heavy atom. The second-order valence-electron chi connectivity index (χ2n) is 7.71. The third-order valence-electron chi connectivity index (χ3n) is 5.55. The molecule has 1 aliphatic rings. The van der Waals surface area contributed by atoms with E-state index in [0.717, 1.165) is 16.5 Å². The van der Waals surface area contributed by atoms with E-state index in [1.165, 1.54) is 10.4 Å². The van der Waals surface area contributed by atoms with E-state index in [9.17, 15) is 13.2 Å². The lowest BCUT2D eigenvalue weighted by atomic mass is 9.98. The zero-order valence-electron chi connectivity index (χ0n) is 16.7. The first kappa shape index (κ1) is 22.1. The molecule has 0 aromatic heterocycles. The number of piperidine rings is 1. The number of sulfonamides is 1. The number of anilines is 1. The average Bonchev–Trinajstić information content (AvgIpc) is 2.76. The van der Waals surface area contributed by atoms with E-state index in [1.54, 1.807) is 12.1 Å². The van der Waals surface area contributed by atoms with Crippen molar-refractivity contribution in [2.24, 2.45) is 5.92 Å². The zero-order valence-corrected chi connectivity index (χ0v) is 19.1. The number of carbonyl (C=O) groups excluding carboxylic acids is 1. The topological polar surface area (TPSA) is 66.5 Å². The summed E-state index contributed by atoms with van der Waals surface area (Å²) in [7, 11) is -3.62. The van der Waals surface area contributed by atoms with Gasteiger partial charge in [-0.2, -0.15) is 0 Å². The maximum Gasteiger partial charge on any atom is 0.228 e. The van der Waals surface area contributed by atoms with Gasteiger partial charge >= 0.3 is 0 Å². The van der Waals surface area contributed by atoms with E-state index in [4.69, 9.17) is 23.2 Å². The van der Waals surface area contributed by atoms with Crippen LogP contribution in [-0.2, 0) is 20.6 Å². The molecule has 0 saturated carbocycles. The molecule has 1 heterocycles. The molecule has 0 bridgehead atoms. The first-order valence-corrected chi connectivity index (χ1v) is 12.4. The van der Waals surface area contributed by atoms with Crippen LogP contribution in [0.1, 0.15) is 18.4 Å². The largest absolute Gasteiger partial charge is 0.325 e. The number of nitrogens with one attached hydrogen (secondary N) is 1. The molecule has 1 atom stereocenters. The minimum Gasteiger partial charge on any atom is -0.325 e. The van der Waals surface area contributed by atoms with Crippen LogP contribution in [0.3, 0.4) is 0 Å². The number of benzene rings is 3. The fraction of sp³-hybridized carbons (Fsp3) is 0.261. The SMILES string of the molecule is O=C(Nc1cccc2ccccc12)C1CCCN(S(=O)(=O)Cc2ccc(Cl)cc2Cl)C1. The maximum absolute atomic E-state index is 13.0. The van der Waals surface area contributed by atoms with Crippen molar-refractivity contribution >= 4 is 55.6 Å². The van der Waals surface area contributed by atoms with E-state index in [1.807, 2.05) is 42.5 Å². The van der Waals surface area contributed by atoms with Gasteiger partial charge in [0.2, 0.25) is 15.9 Å². The molecule has 1 N–H and O–H groups in total. The second-order valence-corrected chi connectivity index (χ2v) is 10.5. The molecule has 1 aliphatic heterocycles. The molecule has 3 aromatic rings. The highest BCUT2D eigenvalue weighted by Crippen LogP contribution is 2.28. The number of rotatable bonds is 5. The lowest BCUT2D eigenvalue weighted by Crippen LogP contribution is -2.44. The molecule has 0 radical (unpaired) electrons.